The van der Waals surface area contributed by atoms with Gasteiger partial charge in [0.15, 0.2) is 0 Å². The minimum absolute atomic E-state index is 0.177. The Morgan fingerprint density at radius 1 is 1.50 bits per heavy atom. The standard InChI is InChI=1S/C12H22O4/c1-3-4-10(11(13)14)12(15)7-5-9(16-2)6-8-12/h9-10,15H,3-8H2,1-2H3,(H,13,14). The molecule has 1 unspecified atom stereocenters. The summed E-state index contributed by atoms with van der Waals surface area (Å²) in [5.41, 5.74) is -1.03. The maximum Gasteiger partial charge on any atom is 0.309 e. The first kappa shape index (κ1) is 13.5. The molecule has 1 rings (SSSR count). The molecule has 0 aromatic rings. The van der Waals surface area contributed by atoms with E-state index in [-0.39, 0.29) is 6.10 Å². The van der Waals surface area contributed by atoms with E-state index in [2.05, 4.69) is 0 Å². The Balaban J connectivity index is 2.65. The molecule has 0 aromatic heterocycles. The van der Waals surface area contributed by atoms with Crippen LogP contribution >= 0.6 is 0 Å². The average Bonchev–Trinajstić information content (AvgIpc) is 2.26. The van der Waals surface area contributed by atoms with Crippen LogP contribution in [0.5, 0.6) is 0 Å². The summed E-state index contributed by atoms with van der Waals surface area (Å²) in [7, 11) is 1.66. The molecule has 16 heavy (non-hydrogen) atoms. The zero-order valence-electron chi connectivity index (χ0n) is 10.1. The highest BCUT2D eigenvalue weighted by Gasteiger charge is 2.43. The Kier molecular flexibility index (Phi) is 4.74. The molecule has 0 aromatic carbocycles. The first-order valence-corrected chi connectivity index (χ1v) is 6.01. The first-order chi connectivity index (χ1) is 7.53. The van der Waals surface area contributed by atoms with Gasteiger partial charge in [0.05, 0.1) is 17.6 Å². The molecule has 0 saturated heterocycles. The lowest BCUT2D eigenvalue weighted by Gasteiger charge is -2.39. The molecule has 0 amide bonds. The van der Waals surface area contributed by atoms with E-state index in [4.69, 9.17) is 9.84 Å². The summed E-state index contributed by atoms with van der Waals surface area (Å²) in [6.45, 7) is 1.94. The molecule has 1 atom stereocenters. The molecule has 1 aliphatic rings. The van der Waals surface area contributed by atoms with Crippen LogP contribution in [0.1, 0.15) is 45.4 Å². The molecule has 1 aliphatic carbocycles. The van der Waals surface area contributed by atoms with Gasteiger partial charge in [0, 0.05) is 7.11 Å². The predicted molar refractivity (Wildman–Crippen MR) is 60.2 cm³/mol. The highest BCUT2D eigenvalue weighted by Crippen LogP contribution is 2.37. The van der Waals surface area contributed by atoms with E-state index >= 15 is 0 Å². The van der Waals surface area contributed by atoms with Gasteiger partial charge in [-0.1, -0.05) is 13.3 Å². The van der Waals surface area contributed by atoms with E-state index in [0.29, 0.717) is 19.3 Å². The van der Waals surface area contributed by atoms with Crippen LogP contribution in [-0.2, 0) is 9.53 Å². The van der Waals surface area contributed by atoms with Crippen LogP contribution in [0.3, 0.4) is 0 Å². The van der Waals surface area contributed by atoms with Crippen molar-refractivity contribution in [3.8, 4) is 0 Å². The Labute approximate surface area is 96.6 Å². The lowest BCUT2D eigenvalue weighted by molar-refractivity contribution is -0.158. The summed E-state index contributed by atoms with van der Waals surface area (Å²) in [5, 5.41) is 19.6. The van der Waals surface area contributed by atoms with E-state index in [1.54, 1.807) is 7.11 Å². The quantitative estimate of drug-likeness (QED) is 0.756. The van der Waals surface area contributed by atoms with Crippen LogP contribution in [0.25, 0.3) is 0 Å². The second kappa shape index (κ2) is 5.64. The van der Waals surface area contributed by atoms with Crippen LogP contribution in [-0.4, -0.2) is 35.0 Å². The van der Waals surface area contributed by atoms with Crippen LogP contribution in [0.4, 0.5) is 0 Å². The monoisotopic (exact) mass is 230 g/mol. The molecular weight excluding hydrogens is 208 g/mol. The van der Waals surface area contributed by atoms with Crippen molar-refractivity contribution in [1.29, 1.82) is 0 Å². The third kappa shape index (κ3) is 2.95. The number of carbonyl (C=O) groups is 1. The fourth-order valence-corrected chi connectivity index (χ4v) is 2.59. The number of carboxylic acid groups (broad SMARTS) is 1. The van der Waals surface area contributed by atoms with E-state index in [0.717, 1.165) is 19.3 Å². The maximum absolute atomic E-state index is 11.2. The number of hydrogen-bond donors (Lipinski definition) is 2. The smallest absolute Gasteiger partial charge is 0.309 e. The third-order valence-electron chi connectivity index (χ3n) is 3.66. The van der Waals surface area contributed by atoms with Crippen molar-refractivity contribution in [2.75, 3.05) is 7.11 Å². The Morgan fingerprint density at radius 3 is 2.44 bits per heavy atom. The predicted octanol–water partition coefficient (Wildman–Crippen LogP) is 1.81. The number of methoxy groups -OCH3 is 1. The molecule has 4 nitrogen and oxygen atoms in total. The molecule has 4 heteroatoms. The highest BCUT2D eigenvalue weighted by molar-refractivity contribution is 5.71. The average molecular weight is 230 g/mol. The molecular formula is C12H22O4. The van der Waals surface area contributed by atoms with Crippen molar-refractivity contribution in [1.82, 2.24) is 0 Å². The van der Waals surface area contributed by atoms with Gasteiger partial charge in [-0.3, -0.25) is 4.79 Å². The summed E-state index contributed by atoms with van der Waals surface area (Å²) in [5.74, 6) is -1.50. The minimum atomic E-state index is -1.03. The van der Waals surface area contributed by atoms with Gasteiger partial charge in [0.1, 0.15) is 0 Å². The minimum Gasteiger partial charge on any atom is -0.481 e. The molecule has 1 fully saturated rings. The van der Waals surface area contributed by atoms with E-state index in [9.17, 15) is 9.90 Å². The number of hydrogen-bond acceptors (Lipinski definition) is 3. The van der Waals surface area contributed by atoms with Crippen molar-refractivity contribution in [2.24, 2.45) is 5.92 Å². The maximum atomic E-state index is 11.2. The van der Waals surface area contributed by atoms with Gasteiger partial charge in [0.2, 0.25) is 0 Å². The van der Waals surface area contributed by atoms with Gasteiger partial charge in [-0.2, -0.15) is 0 Å². The molecule has 0 spiro atoms. The summed E-state index contributed by atoms with van der Waals surface area (Å²) in [6.07, 6.45) is 4.07. The van der Waals surface area contributed by atoms with E-state index < -0.39 is 17.5 Å². The molecule has 2 N–H and O–H groups in total. The van der Waals surface area contributed by atoms with Crippen molar-refractivity contribution in [3.05, 3.63) is 0 Å². The van der Waals surface area contributed by atoms with Crippen molar-refractivity contribution in [3.63, 3.8) is 0 Å². The summed E-state index contributed by atoms with van der Waals surface area (Å²) >= 11 is 0. The van der Waals surface area contributed by atoms with Crippen LogP contribution in [0.2, 0.25) is 0 Å². The molecule has 0 aliphatic heterocycles. The van der Waals surface area contributed by atoms with Crippen LogP contribution in [0.15, 0.2) is 0 Å². The molecule has 94 valence electrons. The largest absolute Gasteiger partial charge is 0.481 e. The fourth-order valence-electron chi connectivity index (χ4n) is 2.59. The SMILES string of the molecule is CCCC(C(=O)O)C1(O)CCC(OC)CC1. The third-order valence-corrected chi connectivity index (χ3v) is 3.66. The Hall–Kier alpha value is -0.610. The van der Waals surface area contributed by atoms with Crippen LogP contribution in [0, 0.1) is 5.92 Å². The number of rotatable bonds is 5. The van der Waals surface area contributed by atoms with Crippen molar-refractivity contribution in [2.45, 2.75) is 57.2 Å². The van der Waals surface area contributed by atoms with Gasteiger partial charge in [-0.15, -0.1) is 0 Å². The number of aliphatic hydroxyl groups is 1. The lowest BCUT2D eigenvalue weighted by Crippen LogP contribution is -2.46. The van der Waals surface area contributed by atoms with Gasteiger partial charge >= 0.3 is 5.97 Å². The van der Waals surface area contributed by atoms with Crippen LogP contribution < -0.4 is 0 Å². The highest BCUT2D eigenvalue weighted by atomic mass is 16.5. The number of aliphatic carboxylic acids is 1. The van der Waals surface area contributed by atoms with E-state index in [1.807, 2.05) is 6.92 Å². The Morgan fingerprint density at radius 2 is 2.06 bits per heavy atom. The fraction of sp³-hybridized carbons (Fsp3) is 0.917. The number of carboxylic acids is 1. The second-order valence-electron chi connectivity index (χ2n) is 4.72. The molecule has 0 radical (unpaired) electrons. The zero-order valence-corrected chi connectivity index (χ0v) is 10.1. The van der Waals surface area contributed by atoms with Gasteiger partial charge in [0.25, 0.3) is 0 Å². The zero-order chi connectivity index (χ0) is 12.2. The van der Waals surface area contributed by atoms with E-state index in [1.165, 1.54) is 0 Å². The molecule has 0 heterocycles. The van der Waals surface area contributed by atoms with Crippen molar-refractivity contribution < 1.29 is 19.7 Å². The Bertz CT molecular complexity index is 231. The molecule has 1 saturated carbocycles. The first-order valence-electron chi connectivity index (χ1n) is 6.01. The molecule has 0 bridgehead atoms. The second-order valence-corrected chi connectivity index (χ2v) is 4.72. The van der Waals surface area contributed by atoms with Crippen molar-refractivity contribution >= 4 is 5.97 Å². The number of ether oxygens (including phenoxy) is 1. The van der Waals surface area contributed by atoms with Gasteiger partial charge in [-0.05, 0) is 32.1 Å². The van der Waals surface area contributed by atoms with Gasteiger partial charge in [-0.25, -0.2) is 0 Å². The summed E-state index contributed by atoms with van der Waals surface area (Å²) in [6, 6.07) is 0. The summed E-state index contributed by atoms with van der Waals surface area (Å²) in [4.78, 5) is 11.2. The lowest BCUT2D eigenvalue weighted by atomic mass is 9.73. The normalized spacial score (nSPS) is 32.3. The van der Waals surface area contributed by atoms with Gasteiger partial charge < -0.3 is 14.9 Å². The summed E-state index contributed by atoms with van der Waals surface area (Å²) < 4.78 is 5.23. The topological polar surface area (TPSA) is 66.8 Å².